The third-order valence-electron chi connectivity index (χ3n) is 4.37. The van der Waals surface area contributed by atoms with Crippen LogP contribution in [0.15, 0.2) is 27.1 Å². The van der Waals surface area contributed by atoms with E-state index in [9.17, 15) is 13.6 Å². The Bertz CT molecular complexity index is 1260. The number of hydrogen-bond acceptors (Lipinski definition) is 7. The van der Waals surface area contributed by atoms with Crippen LogP contribution in [-0.4, -0.2) is 29.4 Å². The van der Waals surface area contributed by atoms with E-state index in [4.69, 9.17) is 0 Å². The first-order valence-electron chi connectivity index (χ1n) is 8.48. The SMILES string of the molecule is Cc1sc2nc(Sc3ccc4nnc(C(F)F)n4n3)n(C(C)C)c(=O)c2c1C. The van der Waals surface area contributed by atoms with Gasteiger partial charge in [-0.15, -0.1) is 21.5 Å². The van der Waals surface area contributed by atoms with Crippen LogP contribution in [0.5, 0.6) is 0 Å². The molecule has 0 aliphatic rings. The van der Waals surface area contributed by atoms with Crippen molar-refractivity contribution in [3.05, 3.63) is 38.8 Å². The zero-order chi connectivity index (χ0) is 20.2. The highest BCUT2D eigenvalue weighted by Gasteiger charge is 2.21. The van der Waals surface area contributed by atoms with Gasteiger partial charge in [-0.1, -0.05) is 0 Å². The molecule has 7 nitrogen and oxygen atoms in total. The normalized spacial score (nSPS) is 12.1. The maximum atomic E-state index is 13.1. The minimum absolute atomic E-state index is 0.108. The maximum absolute atomic E-state index is 13.1. The summed E-state index contributed by atoms with van der Waals surface area (Å²) in [5.74, 6) is -0.522. The number of alkyl halides is 2. The third-order valence-corrected chi connectivity index (χ3v) is 6.37. The van der Waals surface area contributed by atoms with E-state index in [2.05, 4.69) is 20.3 Å². The Morgan fingerprint density at radius 3 is 2.61 bits per heavy atom. The predicted molar refractivity (Wildman–Crippen MR) is 104 cm³/mol. The van der Waals surface area contributed by atoms with Crippen molar-refractivity contribution >= 4 is 39.0 Å². The second kappa shape index (κ2) is 6.89. The first-order valence-corrected chi connectivity index (χ1v) is 10.1. The van der Waals surface area contributed by atoms with E-state index in [1.807, 2.05) is 27.7 Å². The topological polar surface area (TPSA) is 78.0 Å². The monoisotopic (exact) mass is 422 g/mol. The Morgan fingerprint density at radius 1 is 1.18 bits per heavy atom. The summed E-state index contributed by atoms with van der Waals surface area (Å²) in [6.45, 7) is 7.68. The lowest BCUT2D eigenvalue weighted by molar-refractivity contribution is 0.137. The average Bonchev–Trinajstić information content (AvgIpc) is 3.15. The molecule has 4 rings (SSSR count). The standard InChI is InChI=1S/C17H16F2N6OS2/c1-7(2)24-16(26)12-8(3)9(4)27-15(12)20-17(24)28-11-6-5-10-21-22-14(13(18)19)25(10)23-11/h5-7,13H,1-4H3. The Kier molecular flexibility index (Phi) is 4.66. The third kappa shape index (κ3) is 2.98. The lowest BCUT2D eigenvalue weighted by atomic mass is 10.2. The molecule has 0 amide bonds. The molecule has 146 valence electrons. The van der Waals surface area contributed by atoms with Gasteiger partial charge in [-0.2, -0.15) is 9.61 Å². The van der Waals surface area contributed by atoms with Gasteiger partial charge in [0.15, 0.2) is 10.8 Å². The van der Waals surface area contributed by atoms with Crippen molar-refractivity contribution in [3.8, 4) is 0 Å². The van der Waals surface area contributed by atoms with E-state index in [0.717, 1.165) is 26.7 Å². The Hall–Kier alpha value is -2.40. The fourth-order valence-corrected chi connectivity index (χ4v) is 4.94. The highest BCUT2D eigenvalue weighted by atomic mass is 32.2. The number of hydrogen-bond donors (Lipinski definition) is 0. The summed E-state index contributed by atoms with van der Waals surface area (Å²) in [5.41, 5.74) is 1.06. The summed E-state index contributed by atoms with van der Waals surface area (Å²) in [6.07, 6.45) is -2.79. The molecule has 0 aliphatic carbocycles. The van der Waals surface area contributed by atoms with Gasteiger partial charge in [0.05, 0.1) is 5.39 Å². The smallest absolute Gasteiger partial charge is 0.284 e. The number of aromatic nitrogens is 6. The van der Waals surface area contributed by atoms with Crippen molar-refractivity contribution in [2.75, 3.05) is 0 Å². The highest BCUT2D eigenvalue weighted by Crippen LogP contribution is 2.32. The second-order valence-electron chi connectivity index (χ2n) is 6.53. The number of halogens is 2. The van der Waals surface area contributed by atoms with Gasteiger partial charge in [-0.25, -0.2) is 13.8 Å². The van der Waals surface area contributed by atoms with Crippen LogP contribution < -0.4 is 5.56 Å². The zero-order valence-corrected chi connectivity index (χ0v) is 17.1. The minimum Gasteiger partial charge on any atom is -0.284 e. The van der Waals surface area contributed by atoms with E-state index < -0.39 is 12.2 Å². The van der Waals surface area contributed by atoms with Crippen LogP contribution in [-0.2, 0) is 0 Å². The fourth-order valence-electron chi connectivity index (χ4n) is 2.89. The van der Waals surface area contributed by atoms with Crippen LogP contribution in [0.2, 0.25) is 0 Å². The fraction of sp³-hybridized carbons (Fsp3) is 0.353. The molecule has 0 unspecified atom stereocenters. The summed E-state index contributed by atoms with van der Waals surface area (Å²) in [7, 11) is 0. The molecule has 0 atom stereocenters. The van der Waals surface area contributed by atoms with Crippen molar-refractivity contribution in [3.63, 3.8) is 0 Å². The molecule has 0 radical (unpaired) electrons. The zero-order valence-electron chi connectivity index (χ0n) is 15.5. The molecule has 0 aromatic carbocycles. The van der Waals surface area contributed by atoms with Gasteiger partial charge in [0.25, 0.3) is 12.0 Å². The quantitative estimate of drug-likeness (QED) is 0.459. The van der Waals surface area contributed by atoms with E-state index in [1.165, 1.54) is 11.3 Å². The summed E-state index contributed by atoms with van der Waals surface area (Å²) >= 11 is 2.62. The van der Waals surface area contributed by atoms with Crippen LogP contribution >= 0.6 is 23.1 Å². The molecule has 0 N–H and O–H groups in total. The van der Waals surface area contributed by atoms with E-state index in [-0.39, 0.29) is 17.2 Å². The molecule has 0 bridgehead atoms. The van der Waals surface area contributed by atoms with Gasteiger partial charge in [0.2, 0.25) is 5.82 Å². The number of nitrogens with zero attached hydrogens (tertiary/aromatic N) is 6. The lowest BCUT2D eigenvalue weighted by Gasteiger charge is -2.15. The van der Waals surface area contributed by atoms with Gasteiger partial charge >= 0.3 is 0 Å². The van der Waals surface area contributed by atoms with Gasteiger partial charge in [-0.05, 0) is 57.2 Å². The lowest BCUT2D eigenvalue weighted by Crippen LogP contribution is -2.24. The maximum Gasteiger partial charge on any atom is 0.299 e. The molecular formula is C17H16F2N6OS2. The second-order valence-corrected chi connectivity index (χ2v) is 8.72. The predicted octanol–water partition coefficient (Wildman–Crippen LogP) is 4.18. The largest absolute Gasteiger partial charge is 0.299 e. The molecule has 4 aromatic heterocycles. The summed E-state index contributed by atoms with van der Waals surface area (Å²) in [6, 6.07) is 3.08. The highest BCUT2D eigenvalue weighted by molar-refractivity contribution is 7.99. The number of fused-ring (bicyclic) bond motifs is 2. The summed E-state index contributed by atoms with van der Waals surface area (Å²) < 4.78 is 28.8. The van der Waals surface area contributed by atoms with Crippen LogP contribution in [0, 0.1) is 13.8 Å². The Morgan fingerprint density at radius 2 is 1.93 bits per heavy atom. The molecule has 0 fully saturated rings. The number of thiophene rings is 1. The first-order chi connectivity index (χ1) is 13.3. The van der Waals surface area contributed by atoms with Crippen molar-refractivity contribution in [1.29, 1.82) is 0 Å². The Labute approximate surface area is 166 Å². The molecule has 11 heteroatoms. The molecule has 4 heterocycles. The van der Waals surface area contributed by atoms with E-state index in [1.54, 1.807) is 16.7 Å². The minimum atomic E-state index is -2.79. The van der Waals surface area contributed by atoms with Gasteiger partial charge < -0.3 is 0 Å². The summed E-state index contributed by atoms with van der Waals surface area (Å²) in [4.78, 5) is 19.5. The molecular weight excluding hydrogens is 406 g/mol. The van der Waals surface area contributed by atoms with Crippen molar-refractivity contribution in [2.45, 2.75) is 50.3 Å². The number of rotatable bonds is 4. The molecule has 0 aliphatic heterocycles. The molecule has 28 heavy (non-hydrogen) atoms. The van der Waals surface area contributed by atoms with Crippen molar-refractivity contribution in [2.24, 2.45) is 0 Å². The van der Waals surface area contributed by atoms with Gasteiger partial charge in [0.1, 0.15) is 9.86 Å². The van der Waals surface area contributed by atoms with Gasteiger partial charge in [-0.3, -0.25) is 9.36 Å². The van der Waals surface area contributed by atoms with Crippen LogP contribution in [0.1, 0.15) is 42.6 Å². The Balaban J connectivity index is 1.87. The first kappa shape index (κ1) is 18.9. The van der Waals surface area contributed by atoms with Crippen LogP contribution in [0.4, 0.5) is 8.78 Å². The average molecular weight is 422 g/mol. The van der Waals surface area contributed by atoms with Crippen LogP contribution in [0.25, 0.3) is 15.9 Å². The molecule has 0 saturated heterocycles. The van der Waals surface area contributed by atoms with Crippen molar-refractivity contribution in [1.82, 2.24) is 29.4 Å². The van der Waals surface area contributed by atoms with Gasteiger partial charge in [0, 0.05) is 10.9 Å². The molecule has 0 spiro atoms. The summed E-state index contributed by atoms with van der Waals surface area (Å²) in [5, 5.41) is 12.9. The van der Waals surface area contributed by atoms with Crippen LogP contribution in [0.3, 0.4) is 0 Å². The molecule has 4 aromatic rings. The number of aryl methyl sites for hydroxylation is 2. The van der Waals surface area contributed by atoms with E-state index in [0.29, 0.717) is 20.4 Å². The molecule has 0 saturated carbocycles. The van der Waals surface area contributed by atoms with Crippen molar-refractivity contribution < 1.29 is 8.78 Å². The van der Waals surface area contributed by atoms with E-state index >= 15 is 0 Å².